The van der Waals surface area contributed by atoms with E-state index in [1.165, 1.54) is 0 Å². The number of aromatic nitrogens is 1. The molecule has 0 aliphatic rings. The van der Waals surface area contributed by atoms with Crippen LogP contribution in [0.5, 0.6) is 5.75 Å². The average molecular weight is 511 g/mol. The number of oxime groups is 1. The summed E-state index contributed by atoms with van der Waals surface area (Å²) in [4.78, 5) is 17.4. The number of ether oxygens (including phenoxy) is 2. The van der Waals surface area contributed by atoms with Gasteiger partial charge < -0.3 is 18.9 Å². The van der Waals surface area contributed by atoms with E-state index in [0.29, 0.717) is 29.4 Å². The van der Waals surface area contributed by atoms with Crippen molar-refractivity contribution in [2.45, 2.75) is 27.7 Å². The van der Waals surface area contributed by atoms with Crippen molar-refractivity contribution in [1.82, 2.24) is 4.57 Å². The van der Waals surface area contributed by atoms with Gasteiger partial charge in [-0.05, 0) is 76.2 Å². The minimum absolute atomic E-state index is 0.264. The minimum Gasteiger partial charge on any atom is -0.487 e. The summed E-state index contributed by atoms with van der Waals surface area (Å²) >= 11 is 3.57. The highest BCUT2D eigenvalue weighted by Gasteiger charge is 2.16. The lowest BCUT2D eigenvalue weighted by Gasteiger charge is -2.16. The van der Waals surface area contributed by atoms with Crippen molar-refractivity contribution in [3.63, 3.8) is 0 Å². The molecule has 0 unspecified atom stereocenters. The summed E-state index contributed by atoms with van der Waals surface area (Å²) in [6, 6.07) is 17.3. The van der Waals surface area contributed by atoms with Crippen molar-refractivity contribution in [2.75, 3.05) is 13.2 Å². The van der Waals surface area contributed by atoms with Crippen LogP contribution in [0.3, 0.4) is 0 Å². The molecule has 0 aliphatic heterocycles. The van der Waals surface area contributed by atoms with E-state index in [1.807, 2.05) is 62.4 Å². The predicted molar refractivity (Wildman–Crippen MR) is 134 cm³/mol. The van der Waals surface area contributed by atoms with E-state index in [1.54, 1.807) is 19.9 Å². The van der Waals surface area contributed by atoms with Crippen molar-refractivity contribution >= 4 is 27.6 Å². The van der Waals surface area contributed by atoms with Crippen LogP contribution in [0.4, 0.5) is 0 Å². The maximum absolute atomic E-state index is 12.3. The lowest BCUT2D eigenvalue weighted by atomic mass is 10.1. The molecule has 0 amide bonds. The average Bonchev–Trinajstić information content (AvgIpc) is 3.18. The second-order valence-corrected chi connectivity index (χ2v) is 8.43. The molecule has 7 heteroatoms. The smallest absolute Gasteiger partial charge is 0.338 e. The van der Waals surface area contributed by atoms with Crippen LogP contribution in [0.2, 0.25) is 0 Å². The van der Waals surface area contributed by atoms with Gasteiger partial charge in [-0.25, -0.2) is 4.79 Å². The van der Waals surface area contributed by atoms with Gasteiger partial charge in [0.2, 0.25) is 0 Å². The second-order valence-electron chi connectivity index (χ2n) is 7.52. The molecule has 0 saturated carbocycles. The molecule has 0 aliphatic carbocycles. The third kappa shape index (κ3) is 6.14. The zero-order chi connectivity index (χ0) is 24.0. The van der Waals surface area contributed by atoms with Gasteiger partial charge >= 0.3 is 5.97 Å². The SMILES string of the molecule is C=C(C)O/N=C(\C)COc1ccc(Br)cc1-c1ccc(C)n1-c1cccc(C(=O)OCC)c1. The van der Waals surface area contributed by atoms with Crippen molar-refractivity contribution < 1.29 is 19.1 Å². The molecule has 33 heavy (non-hydrogen) atoms. The van der Waals surface area contributed by atoms with E-state index in [-0.39, 0.29) is 12.6 Å². The molecule has 0 N–H and O–H groups in total. The van der Waals surface area contributed by atoms with E-state index in [0.717, 1.165) is 27.1 Å². The van der Waals surface area contributed by atoms with E-state index in [9.17, 15) is 4.79 Å². The molecular weight excluding hydrogens is 484 g/mol. The van der Waals surface area contributed by atoms with Gasteiger partial charge in [0, 0.05) is 21.4 Å². The Morgan fingerprint density at radius 3 is 2.64 bits per heavy atom. The van der Waals surface area contributed by atoms with Crippen molar-refractivity contribution in [1.29, 1.82) is 0 Å². The van der Waals surface area contributed by atoms with Crippen LogP contribution in [0.15, 0.2) is 76.6 Å². The maximum atomic E-state index is 12.3. The Kier molecular flexibility index (Phi) is 8.11. The number of hydrogen-bond donors (Lipinski definition) is 0. The number of hydrogen-bond acceptors (Lipinski definition) is 5. The molecule has 1 aromatic heterocycles. The molecule has 172 valence electrons. The number of esters is 1. The number of allylic oxidation sites excluding steroid dienone is 1. The van der Waals surface area contributed by atoms with E-state index in [4.69, 9.17) is 14.3 Å². The van der Waals surface area contributed by atoms with Gasteiger partial charge in [-0.15, -0.1) is 0 Å². The van der Waals surface area contributed by atoms with Gasteiger partial charge in [-0.3, -0.25) is 0 Å². The number of rotatable bonds is 9. The topological polar surface area (TPSA) is 62.0 Å². The standard InChI is InChI=1S/C26H27BrN2O4/c1-6-31-26(30)20-8-7-9-22(14-20)29-19(5)10-12-24(29)23-15-21(27)11-13-25(23)32-16-18(4)28-33-17(2)3/h7-15H,2,6,16H2,1,3-5H3/b28-18+. The fraction of sp³-hybridized carbons (Fsp3) is 0.231. The number of carbonyl (C=O) groups is 1. The van der Waals surface area contributed by atoms with Crippen molar-refractivity contribution in [3.8, 4) is 22.7 Å². The van der Waals surface area contributed by atoms with Gasteiger partial charge in [0.15, 0.2) is 0 Å². The van der Waals surface area contributed by atoms with Gasteiger partial charge in [0.05, 0.1) is 23.6 Å². The highest BCUT2D eigenvalue weighted by Crippen LogP contribution is 2.36. The fourth-order valence-corrected chi connectivity index (χ4v) is 3.63. The Labute approximate surface area is 202 Å². The van der Waals surface area contributed by atoms with Crippen LogP contribution in [0.1, 0.15) is 36.8 Å². The number of aryl methyl sites for hydroxylation is 1. The Morgan fingerprint density at radius 2 is 1.91 bits per heavy atom. The molecule has 0 spiro atoms. The molecule has 1 heterocycles. The molecule has 2 aromatic carbocycles. The van der Waals surface area contributed by atoms with Crippen molar-refractivity contribution in [2.24, 2.45) is 5.16 Å². The normalized spacial score (nSPS) is 11.2. The summed E-state index contributed by atoms with van der Waals surface area (Å²) < 4.78 is 14.3. The van der Waals surface area contributed by atoms with Crippen LogP contribution in [0.25, 0.3) is 16.9 Å². The zero-order valence-corrected chi connectivity index (χ0v) is 20.8. The van der Waals surface area contributed by atoms with Crippen LogP contribution >= 0.6 is 15.9 Å². The Bertz CT molecular complexity index is 1200. The molecule has 3 rings (SSSR count). The Morgan fingerprint density at radius 1 is 1.12 bits per heavy atom. The molecular formula is C26H27BrN2O4. The first-order valence-corrected chi connectivity index (χ1v) is 11.3. The molecule has 0 bridgehead atoms. The zero-order valence-electron chi connectivity index (χ0n) is 19.2. The molecule has 0 fully saturated rings. The Balaban J connectivity index is 2.00. The highest BCUT2D eigenvalue weighted by atomic mass is 79.9. The summed E-state index contributed by atoms with van der Waals surface area (Å²) in [6.45, 7) is 11.6. The van der Waals surface area contributed by atoms with E-state index in [2.05, 4.69) is 32.2 Å². The van der Waals surface area contributed by atoms with E-state index < -0.39 is 0 Å². The van der Waals surface area contributed by atoms with Gasteiger partial charge in [0.1, 0.15) is 18.1 Å². The van der Waals surface area contributed by atoms with E-state index >= 15 is 0 Å². The van der Waals surface area contributed by atoms with Crippen LogP contribution < -0.4 is 4.74 Å². The monoisotopic (exact) mass is 510 g/mol. The summed E-state index contributed by atoms with van der Waals surface area (Å²) in [5.74, 6) is 0.866. The first kappa shape index (κ1) is 24.3. The van der Waals surface area contributed by atoms with Crippen LogP contribution in [-0.4, -0.2) is 29.5 Å². The first-order valence-electron chi connectivity index (χ1n) is 10.5. The maximum Gasteiger partial charge on any atom is 0.338 e. The second kappa shape index (κ2) is 11.0. The minimum atomic E-state index is -0.344. The lowest BCUT2D eigenvalue weighted by molar-refractivity contribution is 0.0526. The van der Waals surface area contributed by atoms with Crippen LogP contribution in [-0.2, 0) is 9.57 Å². The van der Waals surface area contributed by atoms with Gasteiger partial charge in [-0.1, -0.05) is 33.7 Å². The molecule has 0 radical (unpaired) electrons. The Hall–Kier alpha value is -3.32. The third-order valence-corrected chi connectivity index (χ3v) is 5.20. The number of benzene rings is 2. The summed E-state index contributed by atoms with van der Waals surface area (Å²) in [5.41, 5.74) is 4.88. The summed E-state index contributed by atoms with van der Waals surface area (Å²) in [7, 11) is 0. The number of carbonyl (C=O) groups excluding carboxylic acids is 1. The molecule has 6 nitrogen and oxygen atoms in total. The summed E-state index contributed by atoms with van der Waals surface area (Å²) in [6.07, 6.45) is 0. The third-order valence-electron chi connectivity index (χ3n) is 4.70. The quantitative estimate of drug-likeness (QED) is 0.139. The number of nitrogens with zero attached hydrogens (tertiary/aromatic N) is 2. The predicted octanol–water partition coefficient (Wildman–Crippen LogP) is 6.70. The fourth-order valence-electron chi connectivity index (χ4n) is 3.27. The highest BCUT2D eigenvalue weighted by molar-refractivity contribution is 9.10. The van der Waals surface area contributed by atoms with Gasteiger partial charge in [0.25, 0.3) is 0 Å². The number of halogens is 1. The summed E-state index contributed by atoms with van der Waals surface area (Å²) in [5, 5.41) is 4.00. The van der Waals surface area contributed by atoms with Crippen molar-refractivity contribution in [3.05, 3.63) is 82.7 Å². The molecule has 0 saturated heterocycles. The van der Waals surface area contributed by atoms with Crippen LogP contribution in [0, 0.1) is 6.92 Å². The lowest BCUT2D eigenvalue weighted by Crippen LogP contribution is -2.09. The molecule has 3 aromatic rings. The molecule has 0 atom stereocenters. The van der Waals surface area contributed by atoms with Gasteiger partial charge in [-0.2, -0.15) is 0 Å². The first-order chi connectivity index (χ1) is 15.8. The largest absolute Gasteiger partial charge is 0.487 e.